The third-order valence-corrected chi connectivity index (χ3v) is 24.5. The molecule has 230 valence electrons. The van der Waals surface area contributed by atoms with Crippen molar-refractivity contribution in [2.45, 2.75) is 146 Å². The molecule has 0 amide bonds. The van der Waals surface area contributed by atoms with Crippen molar-refractivity contribution in [3.63, 3.8) is 0 Å². The highest BCUT2D eigenvalue weighted by atomic mass is 32.2. The van der Waals surface area contributed by atoms with Gasteiger partial charge in [-0.2, -0.15) is 8.78 Å². The fourth-order valence-corrected chi connectivity index (χ4v) is 16.4. The topological polar surface area (TPSA) is 38.7 Å². The molecule has 8 heteroatoms. The maximum absolute atomic E-state index is 16.6. The Balaban J connectivity index is 1.94. The summed E-state index contributed by atoms with van der Waals surface area (Å²) in [4.78, 5) is 0.165. The summed E-state index contributed by atoms with van der Waals surface area (Å²) in [6.07, 6.45) is 5.12. The van der Waals surface area contributed by atoms with Gasteiger partial charge in [0, 0.05) is 12.5 Å². The van der Waals surface area contributed by atoms with Gasteiger partial charge in [0.05, 0.1) is 4.90 Å². The number of alkyl halides is 2. The molecule has 0 N–H and O–H groups in total. The minimum atomic E-state index is -3.97. The summed E-state index contributed by atoms with van der Waals surface area (Å²) >= 11 is 0. The monoisotopic (exact) mass is 613 g/mol. The number of nitrogens with zero attached hydrogens (tertiary/aromatic N) is 1. The van der Waals surface area contributed by atoms with Crippen LogP contribution in [0.15, 0.2) is 39.3 Å². The SMILES string of the molecule is CC[Si](CC)(CC)O[C@H]1CCC[C@]2(C)[C@@H]([C@H](C)CC(F)(F)S(=O)(=N[Si](C)(C)C(C)(C)C)c3ccccc3)CC[C@@H]12. The molecule has 0 aliphatic heterocycles. The van der Waals surface area contributed by atoms with Gasteiger partial charge in [-0.15, -0.1) is 0 Å². The van der Waals surface area contributed by atoms with Crippen molar-refractivity contribution in [2.24, 2.45) is 27.2 Å². The molecule has 2 fully saturated rings. The molecule has 6 atom stereocenters. The molecule has 0 aromatic heterocycles. The molecule has 3 nitrogen and oxygen atoms in total. The molecule has 1 unspecified atom stereocenters. The van der Waals surface area contributed by atoms with Crippen LogP contribution in [-0.4, -0.2) is 32.1 Å². The minimum Gasteiger partial charge on any atom is -0.414 e. The quantitative estimate of drug-likeness (QED) is 0.233. The average Bonchev–Trinajstić information content (AvgIpc) is 3.24. The summed E-state index contributed by atoms with van der Waals surface area (Å²) < 4.78 is 59.6. The Labute approximate surface area is 247 Å². The van der Waals surface area contributed by atoms with E-state index in [1.54, 1.807) is 30.3 Å². The van der Waals surface area contributed by atoms with Crippen LogP contribution in [0, 0.1) is 23.2 Å². The van der Waals surface area contributed by atoms with E-state index in [0.717, 1.165) is 50.2 Å². The lowest BCUT2D eigenvalue weighted by Gasteiger charge is -2.49. The fourth-order valence-electron chi connectivity index (χ4n) is 7.54. The Morgan fingerprint density at radius 3 is 2.15 bits per heavy atom. The van der Waals surface area contributed by atoms with Gasteiger partial charge in [-0.3, -0.25) is 4.03 Å². The van der Waals surface area contributed by atoms with Gasteiger partial charge in [-0.1, -0.05) is 80.0 Å². The Morgan fingerprint density at radius 2 is 1.62 bits per heavy atom. The molecule has 40 heavy (non-hydrogen) atoms. The number of halogens is 2. The molecule has 0 heterocycles. The molecule has 3 rings (SSSR count). The average molecular weight is 614 g/mol. The van der Waals surface area contributed by atoms with Crippen LogP contribution in [0.1, 0.15) is 93.9 Å². The molecule has 2 saturated carbocycles. The highest BCUT2D eigenvalue weighted by Crippen LogP contribution is 2.60. The standard InChI is InChI=1S/C32H57F2NO2SSi2/c1-11-40(12-2,13-3)37-29-20-17-23-31(8)27(21-22-28(29)31)25(4)24-32(33,34)38(36,26-18-15-14-16-19-26)35-39(9,10)30(5,6)7/h14-16,18-19,25,27-29H,11-13,17,20-24H2,1-10H3/t25-,27-,28+,29+,31-,38?/m1/s1. The zero-order chi connectivity index (χ0) is 30.2. The Bertz CT molecular complexity index is 1100. The lowest BCUT2D eigenvalue weighted by molar-refractivity contribution is -0.0302. The van der Waals surface area contributed by atoms with Crippen molar-refractivity contribution in [1.82, 2.24) is 0 Å². The maximum atomic E-state index is 16.6. The lowest BCUT2D eigenvalue weighted by Crippen LogP contribution is -2.49. The molecule has 0 spiro atoms. The largest absolute Gasteiger partial charge is 0.414 e. The second-order valence-electron chi connectivity index (χ2n) is 14.6. The molecule has 2 aliphatic carbocycles. The van der Waals surface area contributed by atoms with Crippen LogP contribution in [0.3, 0.4) is 0 Å². The van der Waals surface area contributed by atoms with E-state index in [-0.39, 0.29) is 33.3 Å². The van der Waals surface area contributed by atoms with Crippen molar-refractivity contribution < 1.29 is 17.4 Å². The lowest BCUT2D eigenvalue weighted by atomic mass is 9.61. The van der Waals surface area contributed by atoms with E-state index >= 15 is 8.78 Å². The summed E-state index contributed by atoms with van der Waals surface area (Å²) in [7, 11) is -8.37. The number of fused-ring (bicyclic) bond motifs is 1. The van der Waals surface area contributed by atoms with Gasteiger partial charge >= 0.3 is 5.25 Å². The summed E-state index contributed by atoms with van der Waals surface area (Å²) in [5, 5.41) is -3.71. The fraction of sp³-hybridized carbons (Fsp3) is 0.812. The second kappa shape index (κ2) is 12.2. The van der Waals surface area contributed by atoms with E-state index in [9.17, 15) is 4.21 Å². The number of rotatable bonds is 11. The molecular weight excluding hydrogens is 557 g/mol. The number of hydrogen-bond donors (Lipinski definition) is 0. The zero-order valence-corrected chi connectivity index (χ0v) is 29.8. The molecule has 1 aromatic carbocycles. The van der Waals surface area contributed by atoms with E-state index in [1.165, 1.54) is 0 Å². The van der Waals surface area contributed by atoms with E-state index < -0.39 is 38.0 Å². The molecule has 0 radical (unpaired) electrons. The van der Waals surface area contributed by atoms with Gasteiger partial charge in [0.25, 0.3) is 0 Å². The molecular formula is C32H57F2NO2SSi2. The van der Waals surface area contributed by atoms with Crippen LogP contribution in [0.5, 0.6) is 0 Å². The van der Waals surface area contributed by atoms with Crippen molar-refractivity contribution in [3.8, 4) is 0 Å². The van der Waals surface area contributed by atoms with Gasteiger partial charge < -0.3 is 4.43 Å². The van der Waals surface area contributed by atoms with Crippen LogP contribution < -0.4 is 0 Å². The van der Waals surface area contributed by atoms with Crippen molar-refractivity contribution in [1.29, 1.82) is 0 Å². The van der Waals surface area contributed by atoms with Crippen LogP contribution in [0.4, 0.5) is 8.78 Å². The summed E-state index contributed by atoms with van der Waals surface area (Å²) in [6, 6.07) is 11.8. The van der Waals surface area contributed by atoms with Gasteiger partial charge in [-0.25, -0.2) is 4.21 Å². The normalized spacial score (nSPS) is 28.6. The highest BCUT2D eigenvalue weighted by Gasteiger charge is 2.56. The maximum Gasteiger partial charge on any atom is 0.331 e. The Kier molecular flexibility index (Phi) is 10.3. The van der Waals surface area contributed by atoms with E-state index in [4.69, 9.17) is 8.45 Å². The van der Waals surface area contributed by atoms with Gasteiger partial charge in [0.2, 0.25) is 0 Å². The molecule has 2 aliphatic rings. The molecule has 0 saturated heterocycles. The first-order chi connectivity index (χ1) is 18.4. The number of hydrogen-bond acceptors (Lipinski definition) is 3. The van der Waals surface area contributed by atoms with E-state index in [2.05, 4.69) is 27.7 Å². The molecule has 0 bridgehead atoms. The summed E-state index contributed by atoms with van der Waals surface area (Å²) in [5.74, 6) is 0.339. The number of benzene rings is 1. The summed E-state index contributed by atoms with van der Waals surface area (Å²) in [6.45, 7) is 21.2. The van der Waals surface area contributed by atoms with Gasteiger partial charge in [-0.05, 0) is 97.2 Å². The first-order valence-corrected chi connectivity index (χ1v) is 22.8. The predicted octanol–water partition coefficient (Wildman–Crippen LogP) is 10.7. The van der Waals surface area contributed by atoms with Crippen LogP contribution >= 0.6 is 0 Å². The Morgan fingerprint density at radius 1 is 1.05 bits per heavy atom. The molecule has 1 aromatic rings. The minimum absolute atomic E-state index is 0.0159. The van der Waals surface area contributed by atoms with Crippen LogP contribution in [-0.2, 0) is 14.2 Å². The van der Waals surface area contributed by atoms with Crippen molar-refractivity contribution in [2.75, 3.05) is 0 Å². The summed E-state index contributed by atoms with van der Waals surface area (Å²) in [5.41, 5.74) is -0.0159. The van der Waals surface area contributed by atoms with Gasteiger partial charge in [0.1, 0.15) is 9.73 Å². The first kappa shape index (κ1) is 33.9. The predicted molar refractivity (Wildman–Crippen MR) is 171 cm³/mol. The van der Waals surface area contributed by atoms with Crippen LogP contribution in [0.2, 0.25) is 36.3 Å². The van der Waals surface area contributed by atoms with Gasteiger partial charge in [0.15, 0.2) is 16.6 Å². The first-order valence-electron chi connectivity index (χ1n) is 15.8. The third kappa shape index (κ3) is 6.35. The van der Waals surface area contributed by atoms with Crippen LogP contribution in [0.25, 0.3) is 0 Å². The smallest absolute Gasteiger partial charge is 0.331 e. The van der Waals surface area contributed by atoms with Crippen molar-refractivity contribution in [3.05, 3.63) is 30.3 Å². The zero-order valence-electron chi connectivity index (χ0n) is 27.0. The second-order valence-corrected chi connectivity index (χ2v) is 26.8. The third-order valence-electron chi connectivity index (χ3n) is 11.4. The van der Waals surface area contributed by atoms with Crippen molar-refractivity contribution >= 4 is 26.3 Å². The highest BCUT2D eigenvalue weighted by molar-refractivity contribution is 7.95. The van der Waals surface area contributed by atoms with E-state index in [1.807, 2.05) is 40.8 Å². The Hall–Kier alpha value is -0.576. The van der Waals surface area contributed by atoms with E-state index in [0.29, 0.717) is 5.92 Å².